The molecule has 0 saturated heterocycles. The van der Waals surface area contributed by atoms with E-state index in [0.29, 0.717) is 0 Å². The molecule has 0 aromatic heterocycles. The van der Waals surface area contributed by atoms with Crippen LogP contribution in [0.5, 0.6) is 0 Å². The first-order valence-electron chi connectivity index (χ1n) is 7.30. The topological polar surface area (TPSA) is 0 Å². The van der Waals surface area contributed by atoms with Gasteiger partial charge in [-0.2, -0.15) is 0 Å². The summed E-state index contributed by atoms with van der Waals surface area (Å²) in [5.41, 5.74) is 9.42. The molecule has 0 nitrogen and oxygen atoms in total. The van der Waals surface area contributed by atoms with Gasteiger partial charge in [0.1, 0.15) is 0 Å². The average molecular weight is 268 g/mol. The van der Waals surface area contributed by atoms with Crippen LogP contribution in [-0.2, 0) is 6.42 Å². The van der Waals surface area contributed by atoms with Crippen LogP contribution in [-0.4, -0.2) is 0 Å². The van der Waals surface area contributed by atoms with Gasteiger partial charge in [-0.1, -0.05) is 79.4 Å². The van der Waals surface area contributed by atoms with E-state index in [1.807, 2.05) is 6.08 Å². The first-order valence-corrected chi connectivity index (χ1v) is 7.30. The third-order valence-corrected chi connectivity index (χ3v) is 4.30. The third kappa shape index (κ3) is 1.84. The summed E-state index contributed by atoms with van der Waals surface area (Å²) in [5.74, 6) is 0. The fourth-order valence-electron chi connectivity index (χ4n) is 3.35. The molecule has 0 aliphatic heterocycles. The summed E-state index contributed by atoms with van der Waals surface area (Å²) in [5, 5.41) is 0. The third-order valence-electron chi connectivity index (χ3n) is 4.30. The van der Waals surface area contributed by atoms with E-state index in [1.165, 1.54) is 38.9 Å². The molecule has 4 rings (SSSR count). The van der Waals surface area contributed by atoms with Gasteiger partial charge in [-0.25, -0.2) is 0 Å². The Hall–Kier alpha value is -2.60. The molecule has 1 aliphatic rings. The van der Waals surface area contributed by atoms with Crippen LogP contribution in [0, 0.1) is 0 Å². The van der Waals surface area contributed by atoms with Crippen molar-refractivity contribution in [3.8, 4) is 22.3 Å². The van der Waals surface area contributed by atoms with E-state index in [9.17, 15) is 0 Å². The Balaban J connectivity index is 2.02. The highest BCUT2D eigenvalue weighted by Gasteiger charge is 2.22. The van der Waals surface area contributed by atoms with Crippen molar-refractivity contribution in [2.24, 2.45) is 0 Å². The summed E-state index contributed by atoms with van der Waals surface area (Å²) in [6.45, 7) is 3.99. The van der Waals surface area contributed by atoms with Crippen LogP contribution in [0.3, 0.4) is 0 Å². The summed E-state index contributed by atoms with van der Waals surface area (Å²) in [7, 11) is 0. The fourth-order valence-corrected chi connectivity index (χ4v) is 3.35. The van der Waals surface area contributed by atoms with Gasteiger partial charge >= 0.3 is 0 Å². The van der Waals surface area contributed by atoms with Crippen molar-refractivity contribution >= 4 is 6.08 Å². The van der Waals surface area contributed by atoms with Crippen LogP contribution < -0.4 is 0 Å². The zero-order valence-corrected chi connectivity index (χ0v) is 11.8. The second kappa shape index (κ2) is 4.75. The van der Waals surface area contributed by atoms with Crippen molar-refractivity contribution in [2.75, 3.05) is 0 Å². The molecule has 0 spiro atoms. The van der Waals surface area contributed by atoms with Crippen molar-refractivity contribution in [3.63, 3.8) is 0 Å². The van der Waals surface area contributed by atoms with Crippen LogP contribution in [0.2, 0.25) is 0 Å². The number of hydrogen-bond donors (Lipinski definition) is 0. The molecular formula is C21H16. The minimum Gasteiger partial charge on any atom is -0.0984 e. The van der Waals surface area contributed by atoms with Crippen molar-refractivity contribution in [2.45, 2.75) is 6.42 Å². The first kappa shape index (κ1) is 12.2. The molecule has 0 radical (unpaired) electrons. The predicted molar refractivity (Wildman–Crippen MR) is 90.2 cm³/mol. The largest absolute Gasteiger partial charge is 0.0984 e. The van der Waals surface area contributed by atoms with Crippen molar-refractivity contribution in [1.82, 2.24) is 0 Å². The molecule has 0 bridgehead atoms. The zero-order chi connectivity index (χ0) is 14.2. The maximum atomic E-state index is 3.99. The maximum Gasteiger partial charge on any atom is -0.000707 e. The molecule has 100 valence electrons. The van der Waals surface area contributed by atoms with Gasteiger partial charge in [-0.15, -0.1) is 0 Å². The molecule has 0 heterocycles. The smallest absolute Gasteiger partial charge is 0.000707 e. The Morgan fingerprint density at radius 1 is 0.762 bits per heavy atom. The van der Waals surface area contributed by atoms with Crippen LogP contribution in [0.1, 0.15) is 16.7 Å². The van der Waals surface area contributed by atoms with Gasteiger partial charge in [0.15, 0.2) is 0 Å². The predicted octanol–water partition coefficient (Wildman–Crippen LogP) is 5.57. The molecule has 0 N–H and O–H groups in total. The molecule has 21 heavy (non-hydrogen) atoms. The highest BCUT2D eigenvalue weighted by Crippen LogP contribution is 2.43. The molecule has 0 amide bonds. The summed E-state index contributed by atoms with van der Waals surface area (Å²) in [4.78, 5) is 0. The number of fused-ring (bicyclic) bond motifs is 3. The van der Waals surface area contributed by atoms with E-state index in [4.69, 9.17) is 0 Å². The number of benzene rings is 3. The monoisotopic (exact) mass is 268 g/mol. The fraction of sp³-hybridized carbons (Fsp3) is 0.0476. The van der Waals surface area contributed by atoms with Crippen molar-refractivity contribution in [1.29, 1.82) is 0 Å². The minimum absolute atomic E-state index is 1.01. The summed E-state index contributed by atoms with van der Waals surface area (Å²) in [6.07, 6.45) is 2.98. The first-order chi connectivity index (χ1) is 10.4. The highest BCUT2D eigenvalue weighted by atomic mass is 14.3. The second-order valence-electron chi connectivity index (χ2n) is 5.46. The van der Waals surface area contributed by atoms with Gasteiger partial charge in [-0.05, 0) is 45.4 Å². The normalized spacial score (nSPS) is 11.8. The van der Waals surface area contributed by atoms with Gasteiger partial charge in [0.2, 0.25) is 0 Å². The van der Waals surface area contributed by atoms with Crippen LogP contribution in [0.25, 0.3) is 28.3 Å². The van der Waals surface area contributed by atoms with E-state index >= 15 is 0 Å². The second-order valence-corrected chi connectivity index (χ2v) is 5.46. The van der Waals surface area contributed by atoms with E-state index < -0.39 is 0 Å². The molecule has 3 aromatic carbocycles. The zero-order valence-electron chi connectivity index (χ0n) is 11.8. The van der Waals surface area contributed by atoms with Gasteiger partial charge in [-0.3, -0.25) is 0 Å². The van der Waals surface area contributed by atoms with E-state index in [1.54, 1.807) is 0 Å². The Morgan fingerprint density at radius 2 is 1.52 bits per heavy atom. The summed E-state index contributed by atoms with van der Waals surface area (Å²) in [6, 6.07) is 23.8. The molecule has 0 atom stereocenters. The summed E-state index contributed by atoms with van der Waals surface area (Å²) >= 11 is 0. The van der Waals surface area contributed by atoms with Crippen LogP contribution in [0.15, 0.2) is 73.3 Å². The standard InChI is InChI=1S/C21H16/c1-2-15-12-13-19-18-11-7-6-10-17(18)14-20(19)21(15)16-8-4-3-5-9-16/h2-13H,1,14H2. The van der Waals surface area contributed by atoms with E-state index in [0.717, 1.165) is 6.42 Å². The SMILES string of the molecule is C=Cc1ccc2c(c1-c1ccccc1)Cc1ccccc1-2. The molecule has 0 saturated carbocycles. The van der Waals surface area contributed by atoms with Crippen molar-refractivity contribution < 1.29 is 0 Å². The Morgan fingerprint density at radius 3 is 2.33 bits per heavy atom. The lowest BCUT2D eigenvalue weighted by Gasteiger charge is -2.13. The number of hydrogen-bond acceptors (Lipinski definition) is 0. The maximum absolute atomic E-state index is 3.99. The lowest BCUT2D eigenvalue weighted by Crippen LogP contribution is -1.91. The molecule has 0 fully saturated rings. The van der Waals surface area contributed by atoms with Gasteiger partial charge in [0.25, 0.3) is 0 Å². The quantitative estimate of drug-likeness (QED) is 0.446. The van der Waals surface area contributed by atoms with E-state index in [-0.39, 0.29) is 0 Å². The Labute approximate surface area is 125 Å². The van der Waals surface area contributed by atoms with Gasteiger partial charge in [0.05, 0.1) is 0 Å². The lowest BCUT2D eigenvalue weighted by atomic mass is 9.91. The Bertz CT molecular complexity index is 826. The van der Waals surface area contributed by atoms with Crippen LogP contribution in [0.4, 0.5) is 0 Å². The lowest BCUT2D eigenvalue weighted by molar-refractivity contribution is 1.26. The van der Waals surface area contributed by atoms with Gasteiger partial charge < -0.3 is 0 Å². The molecule has 0 heteroatoms. The Kier molecular flexibility index (Phi) is 2.75. The number of rotatable bonds is 2. The molecule has 1 aliphatic carbocycles. The minimum atomic E-state index is 1.01. The van der Waals surface area contributed by atoms with Gasteiger partial charge in [0, 0.05) is 0 Å². The molecular weight excluding hydrogens is 252 g/mol. The average Bonchev–Trinajstić information content (AvgIpc) is 2.93. The highest BCUT2D eigenvalue weighted by molar-refractivity contribution is 5.89. The summed E-state index contributed by atoms with van der Waals surface area (Å²) < 4.78 is 0. The van der Waals surface area contributed by atoms with E-state index in [2.05, 4.69) is 73.3 Å². The molecule has 3 aromatic rings. The molecule has 0 unspecified atom stereocenters. The van der Waals surface area contributed by atoms with Crippen molar-refractivity contribution in [3.05, 3.63) is 90.0 Å². The van der Waals surface area contributed by atoms with Crippen LogP contribution >= 0.6 is 0 Å².